The zero-order valence-corrected chi connectivity index (χ0v) is 9.48. The predicted molar refractivity (Wildman–Crippen MR) is 61.4 cm³/mol. The summed E-state index contributed by atoms with van der Waals surface area (Å²) in [6.45, 7) is 0. The van der Waals surface area contributed by atoms with E-state index in [2.05, 4.69) is 4.98 Å². The normalized spacial score (nSPS) is 10.2. The van der Waals surface area contributed by atoms with Crippen molar-refractivity contribution in [2.75, 3.05) is 21.3 Å². The lowest BCUT2D eigenvalue weighted by Crippen LogP contribution is -1.94. The highest BCUT2D eigenvalue weighted by Crippen LogP contribution is 2.37. The van der Waals surface area contributed by atoms with Crippen molar-refractivity contribution >= 4 is 10.8 Å². The third-order valence-corrected chi connectivity index (χ3v) is 2.44. The molecular weight excluding hydrogens is 206 g/mol. The van der Waals surface area contributed by atoms with Crippen LogP contribution >= 0.6 is 0 Å². The molecule has 1 aromatic carbocycles. The van der Waals surface area contributed by atoms with Gasteiger partial charge in [-0.3, -0.25) is 0 Å². The molecule has 0 aliphatic carbocycles. The fourth-order valence-electron chi connectivity index (χ4n) is 1.71. The molecule has 0 radical (unpaired) electrons. The highest BCUT2D eigenvalue weighted by Gasteiger charge is 2.11. The van der Waals surface area contributed by atoms with Gasteiger partial charge in [0.05, 0.1) is 21.3 Å². The minimum Gasteiger partial charge on any atom is -0.493 e. The second kappa shape index (κ2) is 4.26. The van der Waals surface area contributed by atoms with E-state index in [-0.39, 0.29) is 0 Å². The second-order valence-corrected chi connectivity index (χ2v) is 3.22. The van der Waals surface area contributed by atoms with Gasteiger partial charge in [-0.25, -0.2) is 4.98 Å². The Balaban J connectivity index is 2.78. The van der Waals surface area contributed by atoms with Crippen molar-refractivity contribution in [1.82, 2.24) is 4.98 Å². The van der Waals surface area contributed by atoms with Crippen molar-refractivity contribution in [2.24, 2.45) is 0 Å². The molecule has 1 aromatic heterocycles. The van der Waals surface area contributed by atoms with Crippen molar-refractivity contribution in [1.29, 1.82) is 0 Å². The number of hydrogen-bond acceptors (Lipinski definition) is 4. The maximum Gasteiger partial charge on any atom is 0.221 e. The molecule has 16 heavy (non-hydrogen) atoms. The maximum absolute atomic E-state index is 5.34. The van der Waals surface area contributed by atoms with Gasteiger partial charge in [0.15, 0.2) is 11.5 Å². The third kappa shape index (κ3) is 1.52. The minimum absolute atomic E-state index is 0.582. The van der Waals surface area contributed by atoms with Crippen molar-refractivity contribution in [3.63, 3.8) is 0 Å². The number of nitrogens with zero attached hydrogens (tertiary/aromatic N) is 1. The van der Waals surface area contributed by atoms with E-state index in [0.29, 0.717) is 17.4 Å². The molecule has 4 heteroatoms. The van der Waals surface area contributed by atoms with Crippen LogP contribution in [-0.2, 0) is 0 Å². The van der Waals surface area contributed by atoms with Gasteiger partial charge in [0, 0.05) is 17.0 Å². The zero-order chi connectivity index (χ0) is 11.5. The SMILES string of the molecule is COc1ccc2c(OC)nccc2c1OC. The fourth-order valence-corrected chi connectivity index (χ4v) is 1.71. The minimum atomic E-state index is 0.582. The number of benzene rings is 1. The van der Waals surface area contributed by atoms with Crippen molar-refractivity contribution in [3.8, 4) is 17.4 Å². The Kier molecular flexibility index (Phi) is 2.81. The number of aromatic nitrogens is 1. The molecule has 0 aliphatic heterocycles. The van der Waals surface area contributed by atoms with E-state index in [0.717, 1.165) is 10.8 Å². The van der Waals surface area contributed by atoms with Crippen LogP contribution in [0.15, 0.2) is 24.4 Å². The molecular formula is C12H13NO3. The fraction of sp³-hybridized carbons (Fsp3) is 0.250. The lowest BCUT2D eigenvalue weighted by Gasteiger charge is -2.11. The molecule has 0 saturated heterocycles. The van der Waals surface area contributed by atoms with Gasteiger partial charge in [0.2, 0.25) is 5.88 Å². The van der Waals surface area contributed by atoms with Crippen LogP contribution in [0.4, 0.5) is 0 Å². The molecule has 0 N–H and O–H groups in total. The Morgan fingerprint density at radius 2 is 1.69 bits per heavy atom. The quantitative estimate of drug-likeness (QED) is 0.794. The Hall–Kier alpha value is -1.97. The van der Waals surface area contributed by atoms with Gasteiger partial charge >= 0.3 is 0 Å². The lowest BCUT2D eigenvalue weighted by molar-refractivity contribution is 0.358. The molecule has 0 spiro atoms. The summed E-state index contributed by atoms with van der Waals surface area (Å²) in [7, 11) is 4.82. The van der Waals surface area contributed by atoms with Gasteiger partial charge in [-0.15, -0.1) is 0 Å². The highest BCUT2D eigenvalue weighted by molar-refractivity contribution is 5.93. The summed E-state index contributed by atoms with van der Waals surface area (Å²) in [5, 5.41) is 1.83. The smallest absolute Gasteiger partial charge is 0.221 e. The summed E-state index contributed by atoms with van der Waals surface area (Å²) in [5.74, 6) is 1.97. The van der Waals surface area contributed by atoms with E-state index < -0.39 is 0 Å². The van der Waals surface area contributed by atoms with Gasteiger partial charge in [-0.1, -0.05) is 0 Å². The standard InChI is InChI=1S/C12H13NO3/c1-14-10-5-4-9-8(11(10)15-2)6-7-13-12(9)16-3/h4-7H,1-3H3. The Bertz CT molecular complexity index is 511. The average molecular weight is 219 g/mol. The highest BCUT2D eigenvalue weighted by atomic mass is 16.5. The number of hydrogen-bond donors (Lipinski definition) is 0. The first-order valence-electron chi connectivity index (χ1n) is 4.85. The number of pyridine rings is 1. The number of methoxy groups -OCH3 is 3. The molecule has 0 fully saturated rings. The van der Waals surface area contributed by atoms with Crippen LogP contribution in [0.5, 0.6) is 17.4 Å². The molecule has 4 nitrogen and oxygen atoms in total. The average Bonchev–Trinajstić information content (AvgIpc) is 2.36. The molecule has 0 atom stereocenters. The van der Waals surface area contributed by atoms with Gasteiger partial charge in [0.25, 0.3) is 0 Å². The van der Waals surface area contributed by atoms with Gasteiger partial charge in [-0.05, 0) is 18.2 Å². The monoisotopic (exact) mass is 219 g/mol. The Morgan fingerprint density at radius 1 is 0.875 bits per heavy atom. The molecule has 84 valence electrons. The van der Waals surface area contributed by atoms with Gasteiger partial charge in [-0.2, -0.15) is 0 Å². The maximum atomic E-state index is 5.34. The van der Waals surface area contributed by atoms with Crippen LogP contribution in [0.25, 0.3) is 10.8 Å². The van der Waals surface area contributed by atoms with Crippen LogP contribution in [0.1, 0.15) is 0 Å². The van der Waals surface area contributed by atoms with Crippen LogP contribution in [0, 0.1) is 0 Å². The van der Waals surface area contributed by atoms with Gasteiger partial charge < -0.3 is 14.2 Å². The summed E-state index contributed by atoms with van der Waals surface area (Å²) in [6.07, 6.45) is 1.68. The topological polar surface area (TPSA) is 40.6 Å². The Morgan fingerprint density at radius 3 is 2.31 bits per heavy atom. The molecule has 0 unspecified atom stereocenters. The lowest BCUT2D eigenvalue weighted by atomic mass is 10.1. The van der Waals surface area contributed by atoms with E-state index >= 15 is 0 Å². The first-order chi connectivity index (χ1) is 7.81. The first kappa shape index (κ1) is 10.5. The third-order valence-electron chi connectivity index (χ3n) is 2.44. The van der Waals surface area contributed by atoms with Gasteiger partial charge in [0.1, 0.15) is 0 Å². The molecule has 0 aliphatic rings. The zero-order valence-electron chi connectivity index (χ0n) is 9.48. The summed E-state index contributed by atoms with van der Waals surface area (Å²) in [5.41, 5.74) is 0. The van der Waals surface area contributed by atoms with E-state index in [1.165, 1.54) is 0 Å². The second-order valence-electron chi connectivity index (χ2n) is 3.22. The summed E-state index contributed by atoms with van der Waals surface area (Å²) in [6, 6.07) is 5.62. The number of rotatable bonds is 3. The molecule has 1 heterocycles. The first-order valence-corrected chi connectivity index (χ1v) is 4.85. The van der Waals surface area contributed by atoms with Crippen LogP contribution in [0.3, 0.4) is 0 Å². The van der Waals surface area contributed by atoms with Crippen LogP contribution in [-0.4, -0.2) is 26.3 Å². The molecule has 0 amide bonds. The van der Waals surface area contributed by atoms with E-state index in [1.807, 2.05) is 18.2 Å². The van der Waals surface area contributed by atoms with Crippen molar-refractivity contribution in [2.45, 2.75) is 0 Å². The summed E-state index contributed by atoms with van der Waals surface area (Å²) < 4.78 is 15.8. The van der Waals surface area contributed by atoms with Crippen LogP contribution in [0.2, 0.25) is 0 Å². The van der Waals surface area contributed by atoms with Crippen molar-refractivity contribution < 1.29 is 14.2 Å². The number of ether oxygens (including phenoxy) is 3. The molecule has 0 bridgehead atoms. The van der Waals surface area contributed by atoms with Crippen LogP contribution < -0.4 is 14.2 Å². The molecule has 0 saturated carbocycles. The molecule has 2 rings (SSSR count). The Labute approximate surface area is 93.8 Å². The van der Waals surface area contributed by atoms with Crippen molar-refractivity contribution in [3.05, 3.63) is 24.4 Å². The predicted octanol–water partition coefficient (Wildman–Crippen LogP) is 2.26. The summed E-state index contributed by atoms with van der Waals surface area (Å²) in [4.78, 5) is 4.14. The van der Waals surface area contributed by atoms with E-state index in [4.69, 9.17) is 14.2 Å². The summed E-state index contributed by atoms with van der Waals surface area (Å²) >= 11 is 0. The largest absolute Gasteiger partial charge is 0.493 e. The number of fused-ring (bicyclic) bond motifs is 1. The van der Waals surface area contributed by atoms with E-state index in [1.54, 1.807) is 27.5 Å². The van der Waals surface area contributed by atoms with E-state index in [9.17, 15) is 0 Å². The molecule has 2 aromatic rings.